The Kier molecular flexibility index (Phi) is 5.80. The van der Waals surface area contributed by atoms with Crippen molar-refractivity contribution in [3.8, 4) is 0 Å². The van der Waals surface area contributed by atoms with E-state index in [1.54, 1.807) is 8.61 Å². The highest BCUT2D eigenvalue weighted by atomic mass is 32.2. The third-order valence-electron chi connectivity index (χ3n) is 4.40. The molecule has 0 aromatic rings. The van der Waals surface area contributed by atoms with Crippen molar-refractivity contribution in [2.24, 2.45) is 11.7 Å². The summed E-state index contributed by atoms with van der Waals surface area (Å²) < 4.78 is 28.5. The Hall–Kier alpha value is -0.210. The van der Waals surface area contributed by atoms with E-state index >= 15 is 0 Å². The summed E-state index contributed by atoms with van der Waals surface area (Å²) in [7, 11) is -3.24. The molecule has 0 amide bonds. The zero-order valence-electron chi connectivity index (χ0n) is 12.5. The average molecular weight is 304 g/mol. The second-order valence-corrected chi connectivity index (χ2v) is 7.90. The number of hydrogen-bond acceptors (Lipinski definition) is 4. The summed E-state index contributed by atoms with van der Waals surface area (Å²) in [5.74, 6) is 0.648. The van der Waals surface area contributed by atoms with Gasteiger partial charge in [0.25, 0.3) is 10.2 Å². The van der Waals surface area contributed by atoms with Crippen LogP contribution in [0, 0.1) is 5.92 Å². The van der Waals surface area contributed by atoms with Crippen molar-refractivity contribution in [2.75, 3.05) is 52.4 Å². The van der Waals surface area contributed by atoms with Crippen molar-refractivity contribution in [1.82, 2.24) is 13.5 Å². The first-order chi connectivity index (χ1) is 9.54. The second-order valence-electron chi connectivity index (χ2n) is 5.97. The SMILES string of the molecule is CC1CCN(S(=O)(=O)N2CCN(CCCN)CC2)CC1. The Labute approximate surface area is 123 Å². The van der Waals surface area contributed by atoms with Crippen LogP contribution in [0.5, 0.6) is 0 Å². The van der Waals surface area contributed by atoms with Crippen molar-refractivity contribution in [3.63, 3.8) is 0 Å². The molecule has 2 heterocycles. The Balaban J connectivity index is 1.85. The lowest BCUT2D eigenvalue weighted by Crippen LogP contribution is -2.54. The molecule has 0 aliphatic carbocycles. The monoisotopic (exact) mass is 304 g/mol. The topological polar surface area (TPSA) is 69.9 Å². The predicted molar refractivity (Wildman–Crippen MR) is 80.6 cm³/mol. The molecule has 6 nitrogen and oxygen atoms in total. The fourth-order valence-electron chi connectivity index (χ4n) is 2.88. The van der Waals surface area contributed by atoms with Gasteiger partial charge in [0.05, 0.1) is 0 Å². The minimum absolute atomic E-state index is 0.610. The summed E-state index contributed by atoms with van der Waals surface area (Å²) in [6, 6.07) is 0. The molecule has 118 valence electrons. The molecule has 0 spiro atoms. The maximum absolute atomic E-state index is 12.6. The summed E-state index contributed by atoms with van der Waals surface area (Å²) in [5.41, 5.74) is 5.51. The zero-order valence-corrected chi connectivity index (χ0v) is 13.3. The van der Waals surface area contributed by atoms with Crippen molar-refractivity contribution in [1.29, 1.82) is 0 Å². The number of piperazine rings is 1. The lowest BCUT2D eigenvalue weighted by molar-refractivity contribution is 0.175. The number of rotatable bonds is 5. The number of nitrogens with two attached hydrogens (primary N) is 1. The van der Waals surface area contributed by atoms with Crippen molar-refractivity contribution >= 4 is 10.2 Å². The first-order valence-corrected chi connectivity index (χ1v) is 9.11. The largest absolute Gasteiger partial charge is 0.330 e. The van der Waals surface area contributed by atoms with E-state index in [9.17, 15) is 8.42 Å². The molecule has 2 fully saturated rings. The average Bonchev–Trinajstić information content (AvgIpc) is 2.46. The van der Waals surface area contributed by atoms with E-state index in [1.807, 2.05) is 0 Å². The van der Waals surface area contributed by atoms with Crippen molar-refractivity contribution < 1.29 is 8.42 Å². The number of nitrogens with zero attached hydrogens (tertiary/aromatic N) is 3. The van der Waals surface area contributed by atoms with E-state index in [4.69, 9.17) is 5.73 Å². The molecule has 2 rings (SSSR count). The summed E-state index contributed by atoms with van der Waals surface area (Å²) in [4.78, 5) is 2.30. The van der Waals surface area contributed by atoms with Crippen LogP contribution in [0.2, 0.25) is 0 Å². The van der Waals surface area contributed by atoms with Crippen LogP contribution >= 0.6 is 0 Å². The van der Waals surface area contributed by atoms with Gasteiger partial charge >= 0.3 is 0 Å². The van der Waals surface area contributed by atoms with Gasteiger partial charge in [-0.15, -0.1) is 0 Å². The highest BCUT2D eigenvalue weighted by molar-refractivity contribution is 7.86. The van der Waals surface area contributed by atoms with Gasteiger partial charge in [-0.05, 0) is 38.3 Å². The molecule has 2 aliphatic rings. The third kappa shape index (κ3) is 3.92. The normalized spacial score (nSPS) is 25.1. The molecule has 0 aromatic carbocycles. The zero-order chi connectivity index (χ0) is 14.6. The van der Waals surface area contributed by atoms with Gasteiger partial charge in [-0.1, -0.05) is 6.92 Å². The highest BCUT2D eigenvalue weighted by Crippen LogP contribution is 2.21. The van der Waals surface area contributed by atoms with Gasteiger partial charge < -0.3 is 10.6 Å². The standard InChI is InChI=1S/C13H28N4O2S/c1-13-3-7-16(8-4-13)20(18,19)17-11-9-15(10-12-17)6-2-5-14/h13H,2-12,14H2,1H3. The molecule has 20 heavy (non-hydrogen) atoms. The Bertz CT molecular complexity index is 385. The molecular weight excluding hydrogens is 276 g/mol. The molecule has 0 unspecified atom stereocenters. The van der Waals surface area contributed by atoms with Gasteiger partial charge in [0.15, 0.2) is 0 Å². The summed E-state index contributed by atoms with van der Waals surface area (Å²) in [5, 5.41) is 0. The van der Waals surface area contributed by atoms with E-state index in [-0.39, 0.29) is 0 Å². The van der Waals surface area contributed by atoms with E-state index in [0.717, 1.165) is 38.9 Å². The fraction of sp³-hybridized carbons (Fsp3) is 1.00. The van der Waals surface area contributed by atoms with Crippen LogP contribution in [0.4, 0.5) is 0 Å². The maximum Gasteiger partial charge on any atom is 0.282 e. The Morgan fingerprint density at radius 1 is 1.00 bits per heavy atom. The highest BCUT2D eigenvalue weighted by Gasteiger charge is 2.33. The van der Waals surface area contributed by atoms with Crippen LogP contribution in [-0.2, 0) is 10.2 Å². The summed E-state index contributed by atoms with van der Waals surface area (Å²) in [6.07, 6.45) is 2.95. The van der Waals surface area contributed by atoms with Gasteiger partial charge in [0.2, 0.25) is 0 Å². The fourth-order valence-corrected chi connectivity index (χ4v) is 4.50. The molecule has 7 heteroatoms. The molecule has 2 N–H and O–H groups in total. The minimum atomic E-state index is -3.24. The van der Waals surface area contributed by atoms with E-state index in [1.165, 1.54) is 0 Å². The molecular formula is C13H28N4O2S. The van der Waals surface area contributed by atoms with Crippen LogP contribution < -0.4 is 5.73 Å². The second kappa shape index (κ2) is 7.17. The number of piperidine rings is 1. The Morgan fingerprint density at radius 3 is 2.10 bits per heavy atom. The van der Waals surface area contributed by atoms with Crippen LogP contribution in [0.15, 0.2) is 0 Å². The summed E-state index contributed by atoms with van der Waals surface area (Å²) >= 11 is 0. The smallest absolute Gasteiger partial charge is 0.282 e. The first-order valence-electron chi connectivity index (χ1n) is 7.71. The minimum Gasteiger partial charge on any atom is -0.330 e. The van der Waals surface area contributed by atoms with Gasteiger partial charge in [0, 0.05) is 39.3 Å². The predicted octanol–water partition coefficient (Wildman–Crippen LogP) is -0.0705. The first kappa shape index (κ1) is 16.2. The summed E-state index contributed by atoms with van der Waals surface area (Å²) in [6.45, 7) is 8.09. The quantitative estimate of drug-likeness (QED) is 0.772. The molecule has 0 saturated carbocycles. The van der Waals surface area contributed by atoms with E-state index in [0.29, 0.717) is 38.6 Å². The molecule has 0 atom stereocenters. The molecule has 2 saturated heterocycles. The van der Waals surface area contributed by atoms with Gasteiger partial charge in [-0.3, -0.25) is 0 Å². The van der Waals surface area contributed by atoms with Crippen LogP contribution in [0.3, 0.4) is 0 Å². The van der Waals surface area contributed by atoms with Crippen LogP contribution in [-0.4, -0.2) is 74.3 Å². The molecule has 0 radical (unpaired) electrons. The van der Waals surface area contributed by atoms with Gasteiger partial charge in [-0.2, -0.15) is 17.0 Å². The van der Waals surface area contributed by atoms with Crippen molar-refractivity contribution in [3.05, 3.63) is 0 Å². The van der Waals surface area contributed by atoms with Crippen LogP contribution in [0.25, 0.3) is 0 Å². The lowest BCUT2D eigenvalue weighted by Gasteiger charge is -2.38. The third-order valence-corrected chi connectivity index (χ3v) is 6.44. The van der Waals surface area contributed by atoms with Crippen LogP contribution in [0.1, 0.15) is 26.2 Å². The van der Waals surface area contributed by atoms with Crippen molar-refractivity contribution in [2.45, 2.75) is 26.2 Å². The van der Waals surface area contributed by atoms with E-state index in [2.05, 4.69) is 11.8 Å². The maximum atomic E-state index is 12.6. The number of hydrogen-bond donors (Lipinski definition) is 1. The molecule has 0 aromatic heterocycles. The van der Waals surface area contributed by atoms with Gasteiger partial charge in [-0.25, -0.2) is 0 Å². The molecule has 2 aliphatic heterocycles. The Morgan fingerprint density at radius 2 is 1.55 bits per heavy atom. The van der Waals surface area contributed by atoms with E-state index < -0.39 is 10.2 Å². The molecule has 0 bridgehead atoms. The van der Waals surface area contributed by atoms with Gasteiger partial charge in [0.1, 0.15) is 0 Å². The lowest BCUT2D eigenvalue weighted by atomic mass is 10.0.